The number of rotatable bonds is 7. The molecule has 0 aliphatic carbocycles. The topological polar surface area (TPSA) is 110 Å². The number of benzene rings is 2. The highest BCUT2D eigenvalue weighted by atomic mass is 32.2. The van der Waals surface area contributed by atoms with Crippen LogP contribution in [0.4, 0.5) is 0 Å². The van der Waals surface area contributed by atoms with Gasteiger partial charge in [-0.2, -0.15) is 4.98 Å². The van der Waals surface area contributed by atoms with Crippen molar-refractivity contribution in [1.82, 2.24) is 14.5 Å². The lowest BCUT2D eigenvalue weighted by molar-refractivity contribution is -0.0585. The predicted molar refractivity (Wildman–Crippen MR) is 119 cm³/mol. The summed E-state index contributed by atoms with van der Waals surface area (Å²) in [4.78, 5) is 45.4. The summed E-state index contributed by atoms with van der Waals surface area (Å²) >= 11 is 1.25. The second kappa shape index (κ2) is 10.4. The molecule has 10 heteroatoms. The van der Waals surface area contributed by atoms with Crippen LogP contribution in [0.1, 0.15) is 33.4 Å². The molecule has 4 rings (SSSR count). The fraction of sp³-hybridized carbons (Fsp3) is 0.261. The molecule has 2 aromatic carbocycles. The van der Waals surface area contributed by atoms with E-state index in [1.54, 1.807) is 66.9 Å². The maximum Gasteiger partial charge on any atom is 0.353 e. The van der Waals surface area contributed by atoms with E-state index in [1.165, 1.54) is 22.7 Å². The van der Waals surface area contributed by atoms with Crippen molar-refractivity contribution >= 4 is 23.7 Å². The van der Waals surface area contributed by atoms with Crippen molar-refractivity contribution in [3.05, 3.63) is 88.6 Å². The average Bonchev–Trinajstić information content (AvgIpc) is 3.25. The van der Waals surface area contributed by atoms with E-state index in [0.29, 0.717) is 16.3 Å². The molecule has 0 radical (unpaired) electrons. The molecule has 0 saturated carbocycles. The summed E-state index contributed by atoms with van der Waals surface area (Å²) in [5.41, 5.74) is 0.238. The number of carbonyl (C=O) groups is 2. The molecule has 1 saturated heterocycles. The monoisotopic (exact) mass is 467 g/mol. The Morgan fingerprint density at radius 3 is 2.30 bits per heavy atom. The van der Waals surface area contributed by atoms with Gasteiger partial charge in [-0.1, -0.05) is 48.2 Å². The molecule has 1 aliphatic heterocycles. The van der Waals surface area contributed by atoms with E-state index in [2.05, 4.69) is 9.97 Å². The van der Waals surface area contributed by atoms with Gasteiger partial charge < -0.3 is 14.2 Å². The smallest absolute Gasteiger partial charge is 0.353 e. The Hall–Kier alpha value is -3.50. The molecule has 2 heterocycles. The van der Waals surface area contributed by atoms with Crippen molar-refractivity contribution in [2.45, 2.75) is 30.0 Å². The van der Waals surface area contributed by atoms with Gasteiger partial charge in [0, 0.05) is 6.42 Å². The maximum absolute atomic E-state index is 12.6. The molecule has 0 spiro atoms. The zero-order valence-corrected chi connectivity index (χ0v) is 18.5. The van der Waals surface area contributed by atoms with Crippen LogP contribution in [0.5, 0.6) is 0 Å². The minimum Gasteiger partial charge on any atom is -0.459 e. The predicted octanol–water partition coefficient (Wildman–Crippen LogP) is 2.73. The molecule has 0 unspecified atom stereocenters. The van der Waals surface area contributed by atoms with E-state index >= 15 is 0 Å². The summed E-state index contributed by atoms with van der Waals surface area (Å²) in [7, 11) is 0. The van der Waals surface area contributed by atoms with Crippen LogP contribution in [0, 0.1) is 0 Å². The van der Waals surface area contributed by atoms with Crippen molar-refractivity contribution in [2.24, 2.45) is 0 Å². The first kappa shape index (κ1) is 22.7. The number of hydrogen-bond donors (Lipinski definition) is 0. The third-order valence-corrected chi connectivity index (χ3v) is 5.60. The SMILES string of the molecule is CSc1ncn([C@H]2C[C@@H](OC(=O)c3ccccc3)[C@@H](COC(=O)c3ccccc3)O2)c(=O)n1. The van der Waals surface area contributed by atoms with Gasteiger partial charge in [-0.3, -0.25) is 4.57 Å². The van der Waals surface area contributed by atoms with Crippen LogP contribution in [0.15, 0.2) is 76.9 Å². The largest absolute Gasteiger partial charge is 0.459 e. The van der Waals surface area contributed by atoms with Gasteiger partial charge in [0.05, 0.1) is 11.1 Å². The van der Waals surface area contributed by atoms with Crippen molar-refractivity contribution < 1.29 is 23.8 Å². The maximum atomic E-state index is 12.6. The standard InChI is InChI=1S/C23H21N3O6S/c1-33-22-24-14-26(23(29)25-22)19-12-17(32-21(28)16-10-6-3-7-11-16)18(31-19)13-30-20(27)15-8-4-2-5-9-15/h2-11,14,17-19H,12-13H2,1H3/t17-,18-,19-/m1/s1. The van der Waals surface area contributed by atoms with Crippen LogP contribution in [-0.2, 0) is 14.2 Å². The molecule has 0 bridgehead atoms. The molecule has 9 nitrogen and oxygen atoms in total. The Morgan fingerprint density at radius 1 is 1.06 bits per heavy atom. The van der Waals surface area contributed by atoms with Crippen molar-refractivity contribution in [3.8, 4) is 0 Å². The molecule has 1 fully saturated rings. The first-order chi connectivity index (χ1) is 16.0. The number of esters is 2. The molecule has 1 aliphatic rings. The highest BCUT2D eigenvalue weighted by Gasteiger charge is 2.40. The van der Waals surface area contributed by atoms with Crippen LogP contribution in [0.25, 0.3) is 0 Å². The lowest BCUT2D eigenvalue weighted by atomic mass is 10.1. The molecule has 3 atom stereocenters. The van der Waals surface area contributed by atoms with Crippen molar-refractivity contribution in [2.75, 3.05) is 12.9 Å². The summed E-state index contributed by atoms with van der Waals surface area (Å²) in [6, 6.07) is 17.1. The van der Waals surface area contributed by atoms with E-state index in [4.69, 9.17) is 14.2 Å². The summed E-state index contributed by atoms with van der Waals surface area (Å²) < 4.78 is 18.3. The van der Waals surface area contributed by atoms with E-state index in [-0.39, 0.29) is 13.0 Å². The van der Waals surface area contributed by atoms with Crippen molar-refractivity contribution in [3.63, 3.8) is 0 Å². The average molecular weight is 468 g/mol. The zero-order valence-electron chi connectivity index (χ0n) is 17.7. The fourth-order valence-electron chi connectivity index (χ4n) is 3.37. The molecule has 0 N–H and O–H groups in total. The molecule has 1 aromatic heterocycles. The third kappa shape index (κ3) is 5.47. The van der Waals surface area contributed by atoms with Crippen LogP contribution >= 0.6 is 11.8 Å². The first-order valence-corrected chi connectivity index (χ1v) is 11.4. The molecule has 170 valence electrons. The van der Waals surface area contributed by atoms with Gasteiger partial charge in [0.15, 0.2) is 5.16 Å². The normalized spacial score (nSPS) is 19.7. The van der Waals surface area contributed by atoms with Crippen LogP contribution in [-0.4, -0.2) is 51.5 Å². The second-order valence-corrected chi connectivity index (χ2v) is 7.95. The first-order valence-electron chi connectivity index (χ1n) is 10.2. The van der Waals surface area contributed by atoms with E-state index in [9.17, 15) is 14.4 Å². The Bertz CT molecular complexity index is 1170. The highest BCUT2D eigenvalue weighted by Crippen LogP contribution is 2.31. The van der Waals surface area contributed by atoms with Gasteiger partial charge in [-0.05, 0) is 30.5 Å². The zero-order chi connectivity index (χ0) is 23.2. The second-order valence-electron chi connectivity index (χ2n) is 7.17. The summed E-state index contributed by atoms with van der Waals surface area (Å²) in [5.74, 6) is -1.06. The Morgan fingerprint density at radius 2 is 1.70 bits per heavy atom. The third-order valence-electron chi connectivity index (χ3n) is 5.03. The van der Waals surface area contributed by atoms with Crippen LogP contribution in [0.3, 0.4) is 0 Å². The molecule has 3 aromatic rings. The molecular weight excluding hydrogens is 446 g/mol. The number of carbonyl (C=O) groups excluding carboxylic acids is 2. The molecular formula is C23H21N3O6S. The number of nitrogens with zero attached hydrogens (tertiary/aromatic N) is 3. The van der Waals surface area contributed by atoms with E-state index in [1.807, 2.05) is 0 Å². The lowest BCUT2D eigenvalue weighted by Gasteiger charge is -2.19. The number of aromatic nitrogens is 3. The summed E-state index contributed by atoms with van der Waals surface area (Å²) in [5, 5.41) is 0.342. The van der Waals surface area contributed by atoms with E-state index < -0.39 is 36.1 Å². The van der Waals surface area contributed by atoms with Crippen molar-refractivity contribution in [1.29, 1.82) is 0 Å². The van der Waals surface area contributed by atoms with Gasteiger partial charge in [-0.25, -0.2) is 19.4 Å². The van der Waals surface area contributed by atoms with Crippen LogP contribution < -0.4 is 5.69 Å². The minimum absolute atomic E-state index is 0.157. The number of thioether (sulfide) groups is 1. The Kier molecular flexibility index (Phi) is 7.16. The van der Waals surface area contributed by atoms with Gasteiger partial charge in [0.1, 0.15) is 31.4 Å². The van der Waals surface area contributed by atoms with Gasteiger partial charge in [0.2, 0.25) is 0 Å². The lowest BCUT2D eigenvalue weighted by Crippen LogP contribution is -2.32. The fourth-order valence-corrected chi connectivity index (χ4v) is 3.69. The highest BCUT2D eigenvalue weighted by molar-refractivity contribution is 7.98. The number of ether oxygens (including phenoxy) is 3. The Balaban J connectivity index is 1.51. The quantitative estimate of drug-likeness (QED) is 0.383. The number of hydrogen-bond acceptors (Lipinski definition) is 9. The minimum atomic E-state index is -0.776. The summed E-state index contributed by atoms with van der Waals surface area (Å²) in [6.07, 6.45) is 0.985. The molecule has 33 heavy (non-hydrogen) atoms. The van der Waals surface area contributed by atoms with Gasteiger partial charge >= 0.3 is 17.6 Å². The van der Waals surface area contributed by atoms with E-state index in [0.717, 1.165) is 0 Å². The van der Waals surface area contributed by atoms with Crippen LogP contribution in [0.2, 0.25) is 0 Å². The van der Waals surface area contributed by atoms with Gasteiger partial charge in [-0.15, -0.1) is 0 Å². The Labute approximate surface area is 193 Å². The summed E-state index contributed by atoms with van der Waals surface area (Å²) in [6.45, 7) is -0.157. The molecule has 0 amide bonds. The van der Waals surface area contributed by atoms with Gasteiger partial charge in [0.25, 0.3) is 0 Å².